The first kappa shape index (κ1) is 15.8. The Labute approximate surface area is 139 Å². The monoisotopic (exact) mass is 322 g/mol. The third-order valence-electron chi connectivity index (χ3n) is 3.89. The van der Waals surface area contributed by atoms with Gasteiger partial charge in [-0.05, 0) is 18.6 Å². The van der Waals surface area contributed by atoms with Crippen LogP contribution < -0.4 is 5.73 Å². The molecule has 1 heterocycles. The number of primary amides is 1. The zero-order valence-electron chi connectivity index (χ0n) is 13.3. The van der Waals surface area contributed by atoms with Crippen LogP contribution in [-0.2, 0) is 16.1 Å². The number of benzene rings is 2. The fourth-order valence-corrected chi connectivity index (χ4v) is 2.60. The van der Waals surface area contributed by atoms with Gasteiger partial charge in [0.25, 0.3) is 5.91 Å². The van der Waals surface area contributed by atoms with E-state index in [0.29, 0.717) is 12.1 Å². The van der Waals surface area contributed by atoms with Crippen LogP contribution >= 0.6 is 0 Å². The van der Waals surface area contributed by atoms with Gasteiger partial charge in [-0.3, -0.25) is 4.79 Å². The summed E-state index contributed by atoms with van der Waals surface area (Å²) in [5.41, 5.74) is 7.65. The Kier molecular flexibility index (Phi) is 4.33. The van der Waals surface area contributed by atoms with Gasteiger partial charge in [-0.2, -0.15) is 0 Å². The lowest BCUT2D eigenvalue weighted by Gasteiger charge is -2.08. The highest BCUT2D eigenvalue weighted by atomic mass is 16.5. The molecule has 0 saturated heterocycles. The maximum Gasteiger partial charge on any atom is 0.341 e. The quantitative estimate of drug-likeness (QED) is 0.734. The number of hydrogen-bond donors (Lipinski definition) is 1. The molecular formula is C19H18N2O3. The van der Waals surface area contributed by atoms with Crippen LogP contribution in [-0.4, -0.2) is 22.5 Å². The number of nitrogens with two attached hydrogens (primary N) is 1. The van der Waals surface area contributed by atoms with Crippen LogP contribution in [0.2, 0.25) is 0 Å². The molecule has 5 heteroatoms. The number of carbonyl (C=O) groups excluding carboxylic acids is 2. The summed E-state index contributed by atoms with van der Waals surface area (Å²) in [6.45, 7) is 2.10. The van der Waals surface area contributed by atoms with Crippen LogP contribution in [0.3, 0.4) is 0 Å². The first-order valence-electron chi connectivity index (χ1n) is 7.68. The van der Waals surface area contributed by atoms with E-state index in [1.165, 1.54) is 6.92 Å². The van der Waals surface area contributed by atoms with Gasteiger partial charge in [0.05, 0.1) is 5.56 Å². The lowest BCUT2D eigenvalue weighted by molar-refractivity contribution is -0.125. The molecule has 24 heavy (non-hydrogen) atoms. The van der Waals surface area contributed by atoms with E-state index < -0.39 is 18.0 Å². The molecule has 3 aromatic rings. The number of nitrogens with zero attached hydrogens (tertiary/aromatic N) is 1. The van der Waals surface area contributed by atoms with Gasteiger partial charge >= 0.3 is 5.97 Å². The molecule has 0 aliphatic carbocycles. The molecule has 1 aromatic heterocycles. The molecule has 0 radical (unpaired) electrons. The highest BCUT2D eigenvalue weighted by molar-refractivity contribution is 6.05. The van der Waals surface area contributed by atoms with Crippen molar-refractivity contribution in [2.75, 3.05) is 0 Å². The summed E-state index contributed by atoms with van der Waals surface area (Å²) < 4.78 is 7.14. The van der Waals surface area contributed by atoms with Gasteiger partial charge in [0, 0.05) is 23.6 Å². The summed E-state index contributed by atoms with van der Waals surface area (Å²) in [6.07, 6.45) is 0.794. The Bertz CT molecular complexity index is 884. The Morgan fingerprint density at radius 1 is 1.08 bits per heavy atom. The smallest absolute Gasteiger partial charge is 0.341 e. The highest BCUT2D eigenvalue weighted by Gasteiger charge is 2.20. The van der Waals surface area contributed by atoms with Crippen molar-refractivity contribution in [2.45, 2.75) is 19.6 Å². The molecule has 0 fully saturated rings. The first-order valence-corrected chi connectivity index (χ1v) is 7.68. The molecule has 2 N–H and O–H groups in total. The number of carbonyl (C=O) groups is 2. The van der Waals surface area contributed by atoms with Crippen molar-refractivity contribution in [3.63, 3.8) is 0 Å². The largest absolute Gasteiger partial charge is 0.449 e. The van der Waals surface area contributed by atoms with Crippen molar-refractivity contribution in [1.29, 1.82) is 0 Å². The molecule has 1 unspecified atom stereocenters. The number of para-hydroxylation sites is 1. The van der Waals surface area contributed by atoms with Crippen LogP contribution in [0.5, 0.6) is 0 Å². The molecule has 0 aliphatic rings. The summed E-state index contributed by atoms with van der Waals surface area (Å²) in [5.74, 6) is -1.22. The number of fused-ring (bicyclic) bond motifs is 1. The Balaban J connectivity index is 1.97. The summed E-state index contributed by atoms with van der Waals surface area (Å²) in [4.78, 5) is 23.5. The standard InChI is InChI=1S/C19H18N2O3/c1-13(18(20)22)24-19(23)16-12-21(11-14-7-3-2-4-8-14)17-10-6-5-9-15(16)17/h2-10,12-13H,11H2,1H3,(H2,20,22). The second-order valence-electron chi connectivity index (χ2n) is 5.62. The topological polar surface area (TPSA) is 74.3 Å². The second-order valence-corrected chi connectivity index (χ2v) is 5.62. The molecule has 0 spiro atoms. The number of hydrogen-bond acceptors (Lipinski definition) is 3. The van der Waals surface area contributed by atoms with Crippen LogP contribution in [0.25, 0.3) is 10.9 Å². The van der Waals surface area contributed by atoms with E-state index in [1.807, 2.05) is 59.2 Å². The molecule has 122 valence electrons. The minimum absolute atomic E-state index is 0.426. The van der Waals surface area contributed by atoms with Crippen molar-refractivity contribution in [1.82, 2.24) is 4.57 Å². The van der Waals surface area contributed by atoms with E-state index >= 15 is 0 Å². The van der Waals surface area contributed by atoms with E-state index in [-0.39, 0.29) is 0 Å². The molecule has 1 amide bonds. The molecule has 0 saturated carbocycles. The van der Waals surface area contributed by atoms with Crippen LogP contribution in [0.1, 0.15) is 22.8 Å². The fraction of sp³-hybridized carbons (Fsp3) is 0.158. The third kappa shape index (κ3) is 3.15. The van der Waals surface area contributed by atoms with Crippen molar-refractivity contribution < 1.29 is 14.3 Å². The first-order chi connectivity index (χ1) is 11.6. The average molecular weight is 322 g/mol. The van der Waals surface area contributed by atoms with Crippen molar-refractivity contribution in [3.8, 4) is 0 Å². The van der Waals surface area contributed by atoms with Crippen molar-refractivity contribution in [3.05, 3.63) is 71.9 Å². The van der Waals surface area contributed by atoms with E-state index in [1.54, 1.807) is 6.20 Å². The van der Waals surface area contributed by atoms with E-state index in [2.05, 4.69) is 0 Å². The molecule has 3 rings (SSSR count). The normalized spacial score (nSPS) is 12.0. The molecule has 2 aromatic carbocycles. The summed E-state index contributed by atoms with van der Waals surface area (Å²) in [7, 11) is 0. The predicted molar refractivity (Wildman–Crippen MR) is 91.6 cm³/mol. The summed E-state index contributed by atoms with van der Waals surface area (Å²) in [5, 5.41) is 0.787. The number of aromatic nitrogens is 1. The molecule has 0 aliphatic heterocycles. The maximum absolute atomic E-state index is 12.4. The summed E-state index contributed by atoms with van der Waals surface area (Å²) in [6, 6.07) is 17.6. The highest BCUT2D eigenvalue weighted by Crippen LogP contribution is 2.23. The number of amides is 1. The van der Waals surface area contributed by atoms with Gasteiger partial charge < -0.3 is 15.0 Å². The fourth-order valence-electron chi connectivity index (χ4n) is 2.60. The zero-order chi connectivity index (χ0) is 17.1. The van der Waals surface area contributed by atoms with Crippen molar-refractivity contribution >= 4 is 22.8 Å². The number of esters is 1. The molecule has 5 nitrogen and oxygen atoms in total. The average Bonchev–Trinajstić information content (AvgIpc) is 2.94. The summed E-state index contributed by atoms with van der Waals surface area (Å²) >= 11 is 0. The van der Waals surface area contributed by atoms with Gasteiger partial charge in [0.2, 0.25) is 0 Å². The van der Waals surface area contributed by atoms with Gasteiger partial charge in [0.1, 0.15) is 0 Å². The van der Waals surface area contributed by atoms with Crippen LogP contribution in [0, 0.1) is 0 Å². The van der Waals surface area contributed by atoms with E-state index in [0.717, 1.165) is 16.5 Å². The Morgan fingerprint density at radius 2 is 1.75 bits per heavy atom. The number of rotatable bonds is 5. The molecule has 1 atom stereocenters. The zero-order valence-corrected chi connectivity index (χ0v) is 13.3. The molecular weight excluding hydrogens is 304 g/mol. The SMILES string of the molecule is CC(OC(=O)c1cn(Cc2ccccc2)c2ccccc12)C(N)=O. The van der Waals surface area contributed by atoms with Crippen LogP contribution in [0.4, 0.5) is 0 Å². The van der Waals surface area contributed by atoms with E-state index in [9.17, 15) is 9.59 Å². The number of ether oxygens (including phenoxy) is 1. The van der Waals surface area contributed by atoms with E-state index in [4.69, 9.17) is 10.5 Å². The van der Waals surface area contributed by atoms with Gasteiger partial charge in [-0.1, -0.05) is 48.5 Å². The van der Waals surface area contributed by atoms with Gasteiger partial charge in [0.15, 0.2) is 6.10 Å². The van der Waals surface area contributed by atoms with Crippen molar-refractivity contribution in [2.24, 2.45) is 5.73 Å². The van der Waals surface area contributed by atoms with Gasteiger partial charge in [-0.15, -0.1) is 0 Å². The van der Waals surface area contributed by atoms with Gasteiger partial charge in [-0.25, -0.2) is 4.79 Å². The minimum Gasteiger partial charge on any atom is -0.449 e. The Hall–Kier alpha value is -3.08. The molecule has 0 bridgehead atoms. The minimum atomic E-state index is -0.964. The lowest BCUT2D eigenvalue weighted by atomic mass is 10.2. The predicted octanol–water partition coefficient (Wildman–Crippen LogP) is 2.72. The third-order valence-corrected chi connectivity index (χ3v) is 3.89. The van der Waals surface area contributed by atoms with Crippen LogP contribution in [0.15, 0.2) is 60.8 Å². The second kappa shape index (κ2) is 6.58. The maximum atomic E-state index is 12.4. The lowest BCUT2D eigenvalue weighted by Crippen LogP contribution is -2.30. The Morgan fingerprint density at radius 3 is 2.46 bits per heavy atom.